The number of nitrogens with one attached hydrogen (secondary N) is 1. The Morgan fingerprint density at radius 1 is 1.40 bits per heavy atom. The van der Waals surface area contributed by atoms with Crippen molar-refractivity contribution in [1.82, 2.24) is 15.1 Å². The van der Waals surface area contributed by atoms with Gasteiger partial charge in [-0.15, -0.1) is 0 Å². The van der Waals surface area contributed by atoms with Gasteiger partial charge < -0.3 is 19.7 Å². The smallest absolute Gasteiger partial charge is 0.239 e. The van der Waals surface area contributed by atoms with Gasteiger partial charge in [0.15, 0.2) is 0 Å². The summed E-state index contributed by atoms with van der Waals surface area (Å²) in [6, 6.07) is 3.66. The molecule has 0 aliphatic carbocycles. The number of aliphatic hydroxyl groups is 1. The van der Waals surface area contributed by atoms with Crippen molar-refractivity contribution in [3.8, 4) is 0 Å². The minimum absolute atomic E-state index is 0.124. The molecule has 2 saturated heterocycles. The zero-order valence-electron chi connectivity index (χ0n) is 11.5. The molecule has 6 nitrogen and oxygen atoms in total. The van der Waals surface area contributed by atoms with Gasteiger partial charge in [-0.25, -0.2) is 0 Å². The highest BCUT2D eigenvalue weighted by Gasteiger charge is 2.32. The maximum atomic E-state index is 12.3. The number of β-amino-alcohol motifs (C(OH)–C–C–N with tert-alkyl or cyclic N) is 1. The van der Waals surface area contributed by atoms with E-state index < -0.39 is 0 Å². The molecular weight excluding hydrogens is 258 g/mol. The standard InChI is InChI=1S/C14H21N3O3/c18-11-8-13(15-9-11)14(19)17-5-3-16(4-6-17)10-12-2-1-7-20-12/h1-2,7,11,13,15,18H,3-6,8-10H2. The van der Waals surface area contributed by atoms with Gasteiger partial charge in [-0.2, -0.15) is 0 Å². The van der Waals surface area contributed by atoms with Gasteiger partial charge in [0.1, 0.15) is 5.76 Å². The molecule has 2 N–H and O–H groups in total. The molecule has 2 unspecified atom stereocenters. The van der Waals surface area contributed by atoms with Crippen LogP contribution in [-0.2, 0) is 11.3 Å². The Morgan fingerprint density at radius 3 is 2.80 bits per heavy atom. The van der Waals surface area contributed by atoms with Gasteiger partial charge in [-0.05, 0) is 18.6 Å². The van der Waals surface area contributed by atoms with Crippen molar-refractivity contribution in [2.24, 2.45) is 0 Å². The summed E-state index contributed by atoms with van der Waals surface area (Å²) in [5.41, 5.74) is 0. The fraction of sp³-hybridized carbons (Fsp3) is 0.643. The van der Waals surface area contributed by atoms with Gasteiger partial charge >= 0.3 is 0 Å². The topological polar surface area (TPSA) is 69.0 Å². The van der Waals surface area contributed by atoms with Crippen LogP contribution in [0.1, 0.15) is 12.2 Å². The highest BCUT2D eigenvalue weighted by molar-refractivity contribution is 5.82. The number of carbonyl (C=O) groups is 1. The summed E-state index contributed by atoms with van der Waals surface area (Å²) in [5, 5.41) is 12.6. The molecule has 1 aromatic rings. The number of nitrogens with zero attached hydrogens (tertiary/aromatic N) is 2. The minimum atomic E-state index is -0.385. The zero-order chi connectivity index (χ0) is 13.9. The highest BCUT2D eigenvalue weighted by atomic mass is 16.3. The molecular formula is C14H21N3O3. The second-order valence-corrected chi connectivity index (χ2v) is 5.53. The van der Waals surface area contributed by atoms with Gasteiger partial charge in [0.25, 0.3) is 0 Å². The summed E-state index contributed by atoms with van der Waals surface area (Å²) in [6.07, 6.45) is 1.83. The molecule has 1 aromatic heterocycles. The van der Waals surface area contributed by atoms with E-state index in [0.717, 1.165) is 38.5 Å². The van der Waals surface area contributed by atoms with Crippen LogP contribution in [-0.4, -0.2) is 65.7 Å². The third kappa shape index (κ3) is 3.03. The summed E-state index contributed by atoms with van der Waals surface area (Å²) in [7, 11) is 0. The van der Waals surface area contributed by atoms with Crippen LogP contribution in [0.4, 0.5) is 0 Å². The van der Waals surface area contributed by atoms with Crippen molar-refractivity contribution in [1.29, 1.82) is 0 Å². The monoisotopic (exact) mass is 279 g/mol. The van der Waals surface area contributed by atoms with E-state index in [-0.39, 0.29) is 18.1 Å². The lowest BCUT2D eigenvalue weighted by Crippen LogP contribution is -2.52. The normalized spacial score (nSPS) is 27.9. The van der Waals surface area contributed by atoms with Crippen molar-refractivity contribution < 1.29 is 14.3 Å². The van der Waals surface area contributed by atoms with Crippen LogP contribution in [0.3, 0.4) is 0 Å². The molecule has 2 aliphatic heterocycles. The van der Waals surface area contributed by atoms with Crippen LogP contribution in [0.25, 0.3) is 0 Å². The second-order valence-electron chi connectivity index (χ2n) is 5.53. The molecule has 110 valence electrons. The van der Waals surface area contributed by atoms with Gasteiger partial charge in [0.2, 0.25) is 5.91 Å². The molecule has 2 atom stereocenters. The Labute approximate surface area is 118 Å². The van der Waals surface area contributed by atoms with E-state index in [2.05, 4.69) is 10.2 Å². The minimum Gasteiger partial charge on any atom is -0.468 e. The number of carbonyl (C=O) groups excluding carboxylic acids is 1. The SMILES string of the molecule is O=C(C1CC(O)CN1)N1CCN(Cc2ccco2)CC1. The molecule has 1 amide bonds. The van der Waals surface area contributed by atoms with Crippen LogP contribution in [0.5, 0.6) is 0 Å². The first-order chi connectivity index (χ1) is 9.72. The van der Waals surface area contributed by atoms with Gasteiger partial charge in [-0.3, -0.25) is 9.69 Å². The molecule has 3 rings (SSSR count). The fourth-order valence-corrected chi connectivity index (χ4v) is 2.87. The predicted molar refractivity (Wildman–Crippen MR) is 73.0 cm³/mol. The summed E-state index contributed by atoms with van der Waals surface area (Å²) >= 11 is 0. The van der Waals surface area contributed by atoms with Gasteiger partial charge in [0.05, 0.1) is 25.0 Å². The summed E-state index contributed by atoms with van der Waals surface area (Å²) in [4.78, 5) is 16.5. The zero-order valence-corrected chi connectivity index (χ0v) is 11.5. The molecule has 0 aromatic carbocycles. The fourth-order valence-electron chi connectivity index (χ4n) is 2.87. The lowest BCUT2D eigenvalue weighted by molar-refractivity contribution is -0.135. The van der Waals surface area contributed by atoms with Crippen molar-refractivity contribution in [3.05, 3.63) is 24.2 Å². The van der Waals surface area contributed by atoms with Crippen LogP contribution in [0, 0.1) is 0 Å². The molecule has 3 heterocycles. The Morgan fingerprint density at radius 2 is 2.20 bits per heavy atom. The number of aliphatic hydroxyl groups excluding tert-OH is 1. The number of furan rings is 1. The third-order valence-electron chi connectivity index (χ3n) is 4.05. The number of piperazine rings is 1. The van der Waals surface area contributed by atoms with Crippen molar-refractivity contribution in [2.75, 3.05) is 32.7 Å². The van der Waals surface area contributed by atoms with Crippen LogP contribution < -0.4 is 5.32 Å². The molecule has 2 fully saturated rings. The maximum Gasteiger partial charge on any atom is 0.239 e. The van der Waals surface area contributed by atoms with E-state index in [4.69, 9.17) is 4.42 Å². The molecule has 0 spiro atoms. The van der Waals surface area contributed by atoms with E-state index in [1.165, 1.54) is 0 Å². The average molecular weight is 279 g/mol. The third-order valence-corrected chi connectivity index (χ3v) is 4.05. The Balaban J connectivity index is 1.47. The quantitative estimate of drug-likeness (QED) is 0.791. The summed E-state index contributed by atoms with van der Waals surface area (Å²) in [6.45, 7) is 4.54. The lowest BCUT2D eigenvalue weighted by atomic mass is 10.1. The van der Waals surface area contributed by atoms with Gasteiger partial charge in [0, 0.05) is 32.7 Å². The summed E-state index contributed by atoms with van der Waals surface area (Å²) in [5.74, 6) is 1.09. The Bertz CT molecular complexity index is 441. The second kappa shape index (κ2) is 5.95. The first-order valence-electron chi connectivity index (χ1n) is 7.17. The van der Waals surface area contributed by atoms with Crippen LogP contribution in [0.2, 0.25) is 0 Å². The molecule has 6 heteroatoms. The van der Waals surface area contributed by atoms with Crippen molar-refractivity contribution in [3.63, 3.8) is 0 Å². The van der Waals surface area contributed by atoms with Crippen molar-refractivity contribution >= 4 is 5.91 Å². The number of rotatable bonds is 3. The Hall–Kier alpha value is -1.37. The number of hydrogen-bond donors (Lipinski definition) is 2. The van der Waals surface area contributed by atoms with Crippen LogP contribution >= 0.6 is 0 Å². The average Bonchev–Trinajstić information content (AvgIpc) is 3.10. The van der Waals surface area contributed by atoms with Crippen LogP contribution in [0.15, 0.2) is 22.8 Å². The predicted octanol–water partition coefficient (Wildman–Crippen LogP) is -0.353. The highest BCUT2D eigenvalue weighted by Crippen LogP contribution is 2.13. The molecule has 0 bridgehead atoms. The van der Waals surface area contributed by atoms with E-state index in [9.17, 15) is 9.90 Å². The molecule has 0 saturated carbocycles. The van der Waals surface area contributed by atoms with Gasteiger partial charge in [-0.1, -0.05) is 0 Å². The maximum absolute atomic E-state index is 12.3. The first-order valence-corrected chi connectivity index (χ1v) is 7.17. The van der Waals surface area contributed by atoms with E-state index in [1.807, 2.05) is 17.0 Å². The van der Waals surface area contributed by atoms with Crippen molar-refractivity contribution in [2.45, 2.75) is 25.1 Å². The molecule has 0 radical (unpaired) electrons. The molecule has 2 aliphatic rings. The number of amides is 1. The Kier molecular flexibility index (Phi) is 4.05. The molecule has 20 heavy (non-hydrogen) atoms. The number of hydrogen-bond acceptors (Lipinski definition) is 5. The first kappa shape index (κ1) is 13.6. The van der Waals surface area contributed by atoms with E-state index in [0.29, 0.717) is 13.0 Å². The van der Waals surface area contributed by atoms with E-state index in [1.54, 1.807) is 6.26 Å². The largest absolute Gasteiger partial charge is 0.468 e. The summed E-state index contributed by atoms with van der Waals surface area (Å²) < 4.78 is 5.34. The van der Waals surface area contributed by atoms with E-state index >= 15 is 0 Å². The lowest BCUT2D eigenvalue weighted by Gasteiger charge is -2.35.